The van der Waals surface area contributed by atoms with Crippen molar-refractivity contribution in [1.29, 1.82) is 0 Å². The summed E-state index contributed by atoms with van der Waals surface area (Å²) in [7, 11) is 0. The molecule has 8 nitrogen and oxygen atoms in total. The molecule has 1 aromatic rings. The fraction of sp³-hybridized carbons (Fsp3) is 0.789. The van der Waals surface area contributed by atoms with E-state index in [9.17, 15) is 9.90 Å². The number of unbranched alkanes of at least 4 members (excludes halogenated alkanes) is 4. The van der Waals surface area contributed by atoms with Crippen LogP contribution in [0.15, 0.2) is 17.1 Å². The van der Waals surface area contributed by atoms with E-state index >= 15 is 0 Å². The summed E-state index contributed by atoms with van der Waals surface area (Å²) >= 11 is 0. The fourth-order valence-corrected chi connectivity index (χ4v) is 3.22. The quantitative estimate of drug-likeness (QED) is 0.530. The number of nitrogens with two attached hydrogens (primary N) is 1. The first-order chi connectivity index (χ1) is 13.1. The number of aliphatic hydroxyl groups is 1. The second-order valence-corrected chi connectivity index (χ2v) is 6.87. The van der Waals surface area contributed by atoms with E-state index in [4.69, 9.17) is 19.9 Å². The van der Waals surface area contributed by atoms with E-state index in [1.165, 1.54) is 4.57 Å². The lowest BCUT2D eigenvalue weighted by Crippen LogP contribution is -2.40. The molecule has 27 heavy (non-hydrogen) atoms. The van der Waals surface area contributed by atoms with Gasteiger partial charge in [-0.2, -0.15) is 4.98 Å². The molecule has 8 heteroatoms. The monoisotopic (exact) mass is 383 g/mol. The van der Waals surface area contributed by atoms with Crippen molar-refractivity contribution in [3.05, 3.63) is 22.7 Å². The van der Waals surface area contributed by atoms with Gasteiger partial charge in [-0.25, -0.2) is 4.79 Å². The van der Waals surface area contributed by atoms with E-state index in [1.54, 1.807) is 12.3 Å². The smallest absolute Gasteiger partial charge is 0.351 e. The molecule has 1 fully saturated rings. The zero-order valence-corrected chi connectivity index (χ0v) is 16.4. The van der Waals surface area contributed by atoms with Crippen LogP contribution in [0.1, 0.15) is 58.6 Å². The maximum absolute atomic E-state index is 12.3. The molecule has 1 aliphatic rings. The number of aromatic nitrogens is 2. The predicted octanol–water partition coefficient (Wildman–Crippen LogP) is 1.87. The summed E-state index contributed by atoms with van der Waals surface area (Å²) in [6.07, 6.45) is 5.52. The number of ether oxygens (including phenoxy) is 3. The SMILES string of the molecule is CCCCCO[C@H]1[C@H](OCCCCC)[C@@H](CO)O[C@H]1n1ccc(N)nc1=O. The molecule has 1 aliphatic heterocycles. The summed E-state index contributed by atoms with van der Waals surface area (Å²) in [5.41, 5.74) is 5.08. The third-order valence-electron chi connectivity index (χ3n) is 4.71. The number of hydrogen-bond acceptors (Lipinski definition) is 7. The number of nitrogen functional groups attached to an aromatic ring is 1. The molecule has 0 bridgehead atoms. The summed E-state index contributed by atoms with van der Waals surface area (Å²) < 4.78 is 19.4. The van der Waals surface area contributed by atoms with Gasteiger partial charge < -0.3 is 25.1 Å². The van der Waals surface area contributed by atoms with Crippen LogP contribution < -0.4 is 11.4 Å². The average Bonchev–Trinajstić information content (AvgIpc) is 3.00. The lowest BCUT2D eigenvalue weighted by molar-refractivity contribution is -0.0820. The van der Waals surface area contributed by atoms with Gasteiger partial charge in [0.2, 0.25) is 0 Å². The largest absolute Gasteiger partial charge is 0.394 e. The first-order valence-corrected chi connectivity index (χ1v) is 9.96. The third kappa shape index (κ3) is 6.00. The van der Waals surface area contributed by atoms with E-state index in [0.717, 1.165) is 38.5 Å². The normalized spacial score (nSPS) is 25.1. The lowest BCUT2D eigenvalue weighted by atomic mass is 10.1. The molecular formula is C19H33N3O5. The summed E-state index contributed by atoms with van der Waals surface area (Å²) in [5, 5.41) is 9.76. The minimum absolute atomic E-state index is 0.153. The standard InChI is InChI=1S/C19H33N3O5/c1-3-5-7-11-25-16-14(13-23)27-18(17(16)26-12-8-6-4-2)22-10-9-15(20)21-19(22)24/h9-10,14,16-18,23H,3-8,11-13H2,1-2H3,(H2,20,21,24)/t14-,16-,17+,18-/m1/s1. The Kier molecular flexibility index (Phi) is 9.20. The van der Waals surface area contributed by atoms with Crippen LogP contribution in [0.4, 0.5) is 5.82 Å². The highest BCUT2D eigenvalue weighted by Crippen LogP contribution is 2.33. The van der Waals surface area contributed by atoms with Crippen LogP contribution in [-0.4, -0.2) is 52.8 Å². The maximum Gasteiger partial charge on any atom is 0.351 e. The van der Waals surface area contributed by atoms with Gasteiger partial charge in [0, 0.05) is 19.4 Å². The van der Waals surface area contributed by atoms with Gasteiger partial charge in [-0.3, -0.25) is 4.57 Å². The lowest BCUT2D eigenvalue weighted by Gasteiger charge is -2.25. The Morgan fingerprint density at radius 1 is 1.15 bits per heavy atom. The zero-order valence-electron chi connectivity index (χ0n) is 16.4. The van der Waals surface area contributed by atoms with Crippen molar-refractivity contribution >= 4 is 5.82 Å². The van der Waals surface area contributed by atoms with E-state index in [-0.39, 0.29) is 12.4 Å². The first kappa shape index (κ1) is 21.8. The molecule has 0 unspecified atom stereocenters. The Balaban J connectivity index is 2.17. The summed E-state index contributed by atoms with van der Waals surface area (Å²) in [6, 6.07) is 1.54. The van der Waals surface area contributed by atoms with Gasteiger partial charge in [-0.05, 0) is 18.9 Å². The van der Waals surface area contributed by atoms with Crippen LogP contribution in [0, 0.1) is 0 Å². The first-order valence-electron chi connectivity index (χ1n) is 9.96. The van der Waals surface area contributed by atoms with E-state index in [1.807, 2.05) is 0 Å². The van der Waals surface area contributed by atoms with Gasteiger partial charge >= 0.3 is 5.69 Å². The zero-order chi connectivity index (χ0) is 19.6. The van der Waals surface area contributed by atoms with Crippen LogP contribution in [0.25, 0.3) is 0 Å². The average molecular weight is 383 g/mol. The Morgan fingerprint density at radius 2 is 1.78 bits per heavy atom. The van der Waals surface area contributed by atoms with Crippen molar-refractivity contribution < 1.29 is 19.3 Å². The number of aliphatic hydroxyl groups excluding tert-OH is 1. The van der Waals surface area contributed by atoms with Gasteiger partial charge in [0.15, 0.2) is 6.23 Å². The predicted molar refractivity (Wildman–Crippen MR) is 102 cm³/mol. The van der Waals surface area contributed by atoms with E-state index in [0.29, 0.717) is 13.2 Å². The second-order valence-electron chi connectivity index (χ2n) is 6.87. The Hall–Kier alpha value is -1.48. The van der Waals surface area contributed by atoms with Gasteiger partial charge in [-0.15, -0.1) is 0 Å². The Morgan fingerprint density at radius 3 is 2.33 bits per heavy atom. The molecule has 4 atom stereocenters. The van der Waals surface area contributed by atoms with Crippen LogP contribution >= 0.6 is 0 Å². The van der Waals surface area contributed by atoms with Crippen molar-refractivity contribution in [2.75, 3.05) is 25.6 Å². The van der Waals surface area contributed by atoms with Gasteiger partial charge in [0.1, 0.15) is 24.1 Å². The summed E-state index contributed by atoms with van der Waals surface area (Å²) in [4.78, 5) is 16.1. The molecular weight excluding hydrogens is 350 g/mol. The van der Waals surface area contributed by atoms with Crippen LogP contribution in [-0.2, 0) is 14.2 Å². The molecule has 0 aromatic carbocycles. The highest BCUT2D eigenvalue weighted by atomic mass is 16.6. The minimum atomic E-state index is -0.708. The number of anilines is 1. The topological polar surface area (TPSA) is 109 Å². The molecule has 154 valence electrons. The molecule has 0 saturated carbocycles. The van der Waals surface area contributed by atoms with Crippen LogP contribution in [0.3, 0.4) is 0 Å². The highest BCUT2D eigenvalue weighted by Gasteiger charge is 2.47. The number of rotatable bonds is 12. The molecule has 3 N–H and O–H groups in total. The molecule has 1 saturated heterocycles. The Labute approximate surface area is 160 Å². The van der Waals surface area contributed by atoms with Gasteiger partial charge in [-0.1, -0.05) is 39.5 Å². The van der Waals surface area contributed by atoms with Gasteiger partial charge in [0.25, 0.3) is 0 Å². The van der Waals surface area contributed by atoms with Crippen molar-refractivity contribution in [1.82, 2.24) is 9.55 Å². The third-order valence-corrected chi connectivity index (χ3v) is 4.71. The molecule has 2 rings (SSSR count). The van der Waals surface area contributed by atoms with Crippen molar-refractivity contribution in [2.24, 2.45) is 0 Å². The maximum atomic E-state index is 12.3. The highest BCUT2D eigenvalue weighted by molar-refractivity contribution is 5.23. The van der Waals surface area contributed by atoms with Crippen molar-refractivity contribution in [3.63, 3.8) is 0 Å². The molecule has 1 aromatic heterocycles. The van der Waals surface area contributed by atoms with E-state index in [2.05, 4.69) is 18.8 Å². The minimum Gasteiger partial charge on any atom is -0.394 e. The molecule has 0 spiro atoms. The van der Waals surface area contributed by atoms with Crippen molar-refractivity contribution in [2.45, 2.75) is 76.9 Å². The fourth-order valence-electron chi connectivity index (χ4n) is 3.22. The summed E-state index contributed by atoms with van der Waals surface area (Å²) in [6.45, 7) is 5.16. The van der Waals surface area contributed by atoms with Crippen LogP contribution in [0.5, 0.6) is 0 Å². The van der Waals surface area contributed by atoms with Gasteiger partial charge in [0.05, 0.1) is 6.61 Å². The number of nitrogens with zero attached hydrogens (tertiary/aromatic N) is 2. The molecule has 2 heterocycles. The second kappa shape index (κ2) is 11.4. The molecule has 0 amide bonds. The van der Waals surface area contributed by atoms with Crippen LogP contribution in [0.2, 0.25) is 0 Å². The van der Waals surface area contributed by atoms with Crippen molar-refractivity contribution in [3.8, 4) is 0 Å². The Bertz CT molecular complexity index is 609. The molecule has 0 radical (unpaired) electrons. The molecule has 0 aliphatic carbocycles. The summed E-state index contributed by atoms with van der Waals surface area (Å²) in [5.74, 6) is 0.153. The van der Waals surface area contributed by atoms with E-state index < -0.39 is 30.2 Å². The number of hydrogen-bond donors (Lipinski definition) is 2.